The Morgan fingerprint density at radius 2 is 1.76 bits per heavy atom. The maximum Gasteiger partial charge on any atom is 0.339 e. The van der Waals surface area contributed by atoms with Crippen LogP contribution in [0.4, 0.5) is 11.5 Å². The fourth-order valence-corrected chi connectivity index (χ4v) is 5.29. The number of nitrogens with zero attached hydrogens (tertiary/aromatic N) is 4. The van der Waals surface area contributed by atoms with Crippen molar-refractivity contribution < 1.29 is 18.3 Å². The van der Waals surface area contributed by atoms with Crippen LogP contribution in [0.15, 0.2) is 35.4 Å². The zero-order valence-electron chi connectivity index (χ0n) is 20.4. The van der Waals surface area contributed by atoms with Crippen LogP contribution < -0.4 is 9.62 Å². The molecule has 0 amide bonds. The first-order valence-electron chi connectivity index (χ1n) is 11.0. The van der Waals surface area contributed by atoms with Gasteiger partial charge in [-0.2, -0.15) is 5.10 Å². The normalized spacial score (nSPS) is 11.5. The topological polar surface area (TPSA) is 117 Å². The Morgan fingerprint density at radius 1 is 1.12 bits per heavy atom. The van der Waals surface area contributed by atoms with Gasteiger partial charge in [0.1, 0.15) is 11.4 Å². The fourth-order valence-electron chi connectivity index (χ4n) is 4.07. The highest BCUT2D eigenvalue weighted by molar-refractivity contribution is 7.92. The number of sulfonamides is 1. The predicted octanol–water partition coefficient (Wildman–Crippen LogP) is 3.71. The van der Waals surface area contributed by atoms with Crippen LogP contribution in [-0.4, -0.2) is 47.9 Å². The van der Waals surface area contributed by atoms with Gasteiger partial charge in [0.05, 0.1) is 22.5 Å². The van der Waals surface area contributed by atoms with Crippen molar-refractivity contribution in [2.24, 2.45) is 0 Å². The highest BCUT2D eigenvalue weighted by Gasteiger charge is 2.21. The molecule has 3 rings (SSSR count). The van der Waals surface area contributed by atoms with Crippen molar-refractivity contribution in [3.8, 4) is 0 Å². The molecule has 3 aromatic rings. The molecule has 0 aliphatic rings. The summed E-state index contributed by atoms with van der Waals surface area (Å²) < 4.78 is 30.1. The lowest BCUT2D eigenvalue weighted by atomic mass is 10.1. The van der Waals surface area contributed by atoms with E-state index in [9.17, 15) is 18.3 Å². The molecule has 0 saturated carbocycles. The summed E-state index contributed by atoms with van der Waals surface area (Å²) in [5.74, 6) is -0.923. The van der Waals surface area contributed by atoms with Gasteiger partial charge in [-0.3, -0.25) is 9.40 Å². The molecule has 0 unspecified atom stereocenters. The third-order valence-corrected chi connectivity index (χ3v) is 7.11. The van der Waals surface area contributed by atoms with E-state index in [4.69, 9.17) is 0 Å². The monoisotopic (exact) mass is 485 g/mol. The van der Waals surface area contributed by atoms with Crippen molar-refractivity contribution in [2.75, 3.05) is 23.2 Å². The standard InChI is InChI=1S/C24H31N5O4S/c1-7-29-18(5)21(17(4)26-29)8-9-28(6)23-22(24(30)31)13-19(14-25-23)27-34(32,33)20-11-15(2)10-16(3)12-20/h10-14,27H,7-9H2,1-6H3,(H,30,31). The second kappa shape index (κ2) is 9.84. The minimum absolute atomic E-state index is 0.0826. The number of carbonyl (C=O) groups is 1. The molecule has 10 heteroatoms. The van der Waals surface area contributed by atoms with E-state index >= 15 is 0 Å². The Hall–Kier alpha value is -3.40. The Labute approximate surface area is 200 Å². The molecule has 0 fully saturated rings. The molecule has 0 saturated heterocycles. The van der Waals surface area contributed by atoms with Gasteiger partial charge >= 0.3 is 5.97 Å². The number of hydrogen-bond donors (Lipinski definition) is 2. The third kappa shape index (κ3) is 5.39. The molecule has 0 bridgehead atoms. The number of hydrogen-bond acceptors (Lipinski definition) is 6. The van der Waals surface area contributed by atoms with Crippen LogP contribution in [0.3, 0.4) is 0 Å². The van der Waals surface area contributed by atoms with Crippen LogP contribution in [0, 0.1) is 27.7 Å². The molecular formula is C24H31N5O4S. The number of benzene rings is 1. The zero-order valence-corrected chi connectivity index (χ0v) is 21.2. The van der Waals surface area contributed by atoms with Gasteiger partial charge in [0.25, 0.3) is 10.0 Å². The second-order valence-corrected chi connectivity index (χ2v) is 10.1. The lowest BCUT2D eigenvalue weighted by Gasteiger charge is -2.21. The van der Waals surface area contributed by atoms with Gasteiger partial charge in [0.2, 0.25) is 0 Å². The molecule has 2 N–H and O–H groups in total. The number of pyridine rings is 1. The Balaban J connectivity index is 1.84. The van der Waals surface area contributed by atoms with Crippen molar-refractivity contribution in [2.45, 2.75) is 52.5 Å². The molecule has 2 heterocycles. The molecule has 1 aromatic carbocycles. The van der Waals surface area contributed by atoms with Gasteiger partial charge in [0, 0.05) is 25.8 Å². The smallest absolute Gasteiger partial charge is 0.339 e. The summed E-state index contributed by atoms with van der Waals surface area (Å²) in [5.41, 5.74) is 4.81. The summed E-state index contributed by atoms with van der Waals surface area (Å²) in [6.07, 6.45) is 2.01. The highest BCUT2D eigenvalue weighted by atomic mass is 32.2. The third-order valence-electron chi connectivity index (χ3n) is 5.74. The van der Waals surface area contributed by atoms with Gasteiger partial charge in [-0.25, -0.2) is 18.2 Å². The first kappa shape index (κ1) is 25.2. The molecule has 0 spiro atoms. The number of aryl methyl sites for hydroxylation is 4. The molecule has 34 heavy (non-hydrogen) atoms. The Kier molecular flexibility index (Phi) is 7.30. The van der Waals surface area contributed by atoms with Gasteiger partial charge in [-0.15, -0.1) is 0 Å². The van der Waals surface area contributed by atoms with Crippen LogP contribution in [0.25, 0.3) is 0 Å². The van der Waals surface area contributed by atoms with Crippen LogP contribution >= 0.6 is 0 Å². The second-order valence-electron chi connectivity index (χ2n) is 8.47. The van der Waals surface area contributed by atoms with Crippen molar-refractivity contribution in [1.82, 2.24) is 14.8 Å². The molecule has 2 aromatic heterocycles. The van der Waals surface area contributed by atoms with E-state index in [1.165, 1.54) is 12.3 Å². The zero-order chi connectivity index (χ0) is 25.2. The number of aromatic nitrogens is 3. The van der Waals surface area contributed by atoms with E-state index in [0.717, 1.165) is 34.6 Å². The van der Waals surface area contributed by atoms with E-state index in [-0.39, 0.29) is 22.0 Å². The Morgan fingerprint density at radius 3 is 2.32 bits per heavy atom. The van der Waals surface area contributed by atoms with Crippen LogP contribution in [-0.2, 0) is 23.0 Å². The molecule has 0 aliphatic heterocycles. The molecule has 0 atom stereocenters. The van der Waals surface area contributed by atoms with E-state index in [1.807, 2.05) is 45.4 Å². The van der Waals surface area contributed by atoms with Crippen LogP contribution in [0.2, 0.25) is 0 Å². The number of nitrogens with one attached hydrogen (secondary N) is 1. The lowest BCUT2D eigenvalue weighted by Crippen LogP contribution is -2.24. The minimum atomic E-state index is -3.90. The number of anilines is 2. The highest BCUT2D eigenvalue weighted by Crippen LogP contribution is 2.24. The quantitative estimate of drug-likeness (QED) is 0.474. The van der Waals surface area contributed by atoms with Crippen molar-refractivity contribution in [1.29, 1.82) is 0 Å². The van der Waals surface area contributed by atoms with Gasteiger partial charge in [-0.05, 0) is 75.9 Å². The molecule has 0 radical (unpaired) electrons. The number of rotatable bonds is 9. The first-order valence-corrected chi connectivity index (χ1v) is 12.5. The minimum Gasteiger partial charge on any atom is -0.478 e. The lowest BCUT2D eigenvalue weighted by molar-refractivity contribution is 0.0697. The summed E-state index contributed by atoms with van der Waals surface area (Å²) in [4.78, 5) is 18.1. The van der Waals surface area contributed by atoms with Crippen molar-refractivity contribution >= 4 is 27.5 Å². The average molecular weight is 486 g/mol. The van der Waals surface area contributed by atoms with Gasteiger partial charge < -0.3 is 10.0 Å². The first-order chi connectivity index (χ1) is 15.9. The van der Waals surface area contributed by atoms with Gasteiger partial charge in [0.15, 0.2) is 0 Å². The van der Waals surface area contributed by atoms with Crippen molar-refractivity contribution in [3.05, 3.63) is 64.1 Å². The molecule has 0 aliphatic carbocycles. The summed E-state index contributed by atoms with van der Waals surface area (Å²) in [7, 11) is -2.13. The van der Waals surface area contributed by atoms with E-state index < -0.39 is 16.0 Å². The number of carboxylic acid groups (broad SMARTS) is 1. The molecular weight excluding hydrogens is 454 g/mol. The van der Waals surface area contributed by atoms with Crippen LogP contribution in [0.1, 0.15) is 45.4 Å². The van der Waals surface area contributed by atoms with Crippen molar-refractivity contribution in [3.63, 3.8) is 0 Å². The average Bonchev–Trinajstić information content (AvgIpc) is 3.03. The number of likely N-dealkylation sites (N-methyl/N-ethyl adjacent to an activating group) is 1. The largest absolute Gasteiger partial charge is 0.478 e. The summed E-state index contributed by atoms with van der Waals surface area (Å²) in [6.45, 7) is 11.0. The van der Waals surface area contributed by atoms with Crippen LogP contribution in [0.5, 0.6) is 0 Å². The summed E-state index contributed by atoms with van der Waals surface area (Å²) in [5, 5.41) is 14.3. The van der Waals surface area contributed by atoms with E-state index in [2.05, 4.69) is 14.8 Å². The maximum absolute atomic E-state index is 12.9. The maximum atomic E-state index is 12.9. The Bertz CT molecular complexity index is 1310. The molecule has 182 valence electrons. The summed E-state index contributed by atoms with van der Waals surface area (Å²) in [6, 6.07) is 6.30. The summed E-state index contributed by atoms with van der Waals surface area (Å²) >= 11 is 0. The number of aromatic carboxylic acids is 1. The SMILES string of the molecule is CCn1nc(C)c(CCN(C)c2ncc(NS(=O)(=O)c3cc(C)cc(C)c3)cc2C(=O)O)c1C. The fraction of sp³-hybridized carbons (Fsp3) is 0.375. The number of carboxylic acids is 1. The predicted molar refractivity (Wildman–Crippen MR) is 132 cm³/mol. The van der Waals surface area contributed by atoms with E-state index in [1.54, 1.807) is 24.1 Å². The van der Waals surface area contributed by atoms with E-state index in [0.29, 0.717) is 13.0 Å². The van der Waals surface area contributed by atoms with Gasteiger partial charge in [-0.1, -0.05) is 6.07 Å². The molecule has 9 nitrogen and oxygen atoms in total.